The van der Waals surface area contributed by atoms with Gasteiger partial charge in [0.1, 0.15) is 5.76 Å². The second kappa shape index (κ2) is 5.35. The van der Waals surface area contributed by atoms with E-state index in [1.807, 2.05) is 20.8 Å². The number of aryl methyl sites for hydroxylation is 1. The maximum absolute atomic E-state index is 12.4. The van der Waals surface area contributed by atoms with Gasteiger partial charge in [0.15, 0.2) is 5.76 Å². The zero-order chi connectivity index (χ0) is 14.0. The Labute approximate surface area is 113 Å². The fraction of sp³-hybridized carbons (Fsp3) is 0.643. The Balaban J connectivity index is 2.12. The average Bonchev–Trinajstić information content (AvgIpc) is 2.73. The summed E-state index contributed by atoms with van der Waals surface area (Å²) in [6.07, 6.45) is -0.103. The van der Waals surface area contributed by atoms with Crippen LogP contribution in [0.3, 0.4) is 0 Å². The maximum Gasteiger partial charge on any atom is 0.289 e. The molecule has 1 saturated heterocycles. The van der Waals surface area contributed by atoms with Gasteiger partial charge in [-0.05, 0) is 32.9 Å². The number of methoxy groups -OCH3 is 1. The van der Waals surface area contributed by atoms with Crippen molar-refractivity contribution in [2.45, 2.75) is 32.5 Å². The Kier molecular flexibility index (Phi) is 3.96. The Morgan fingerprint density at radius 1 is 1.53 bits per heavy atom. The molecule has 19 heavy (non-hydrogen) atoms. The van der Waals surface area contributed by atoms with Crippen molar-refractivity contribution in [3.63, 3.8) is 0 Å². The highest BCUT2D eigenvalue weighted by atomic mass is 16.5. The molecule has 5 heteroatoms. The summed E-state index contributed by atoms with van der Waals surface area (Å²) in [5.74, 6) is 1.03. The number of hydrogen-bond donors (Lipinski definition) is 0. The van der Waals surface area contributed by atoms with E-state index in [4.69, 9.17) is 13.9 Å². The van der Waals surface area contributed by atoms with E-state index in [0.717, 1.165) is 5.76 Å². The molecule has 0 spiro atoms. The van der Waals surface area contributed by atoms with E-state index in [2.05, 4.69) is 0 Å². The van der Waals surface area contributed by atoms with Crippen molar-refractivity contribution in [3.05, 3.63) is 23.7 Å². The molecule has 0 N–H and O–H groups in total. The largest absolute Gasteiger partial charge is 0.456 e. The van der Waals surface area contributed by atoms with Crippen LogP contribution in [0.25, 0.3) is 0 Å². The van der Waals surface area contributed by atoms with Gasteiger partial charge in [-0.1, -0.05) is 0 Å². The molecule has 2 rings (SSSR count). The Bertz CT molecular complexity index is 452. The van der Waals surface area contributed by atoms with Crippen LogP contribution >= 0.6 is 0 Å². The first-order valence-corrected chi connectivity index (χ1v) is 6.44. The molecule has 0 aliphatic carbocycles. The van der Waals surface area contributed by atoms with Crippen LogP contribution in [0.4, 0.5) is 0 Å². The minimum absolute atomic E-state index is 0.0921. The lowest BCUT2D eigenvalue weighted by Gasteiger charge is -2.42. The molecule has 106 valence electrons. The van der Waals surface area contributed by atoms with Crippen LogP contribution in [0.15, 0.2) is 16.5 Å². The van der Waals surface area contributed by atoms with E-state index < -0.39 is 0 Å². The zero-order valence-electron chi connectivity index (χ0n) is 11.9. The first-order chi connectivity index (χ1) is 8.91. The van der Waals surface area contributed by atoms with E-state index in [-0.39, 0.29) is 17.6 Å². The Morgan fingerprint density at radius 3 is 2.84 bits per heavy atom. The molecule has 2 heterocycles. The van der Waals surface area contributed by atoms with Gasteiger partial charge in [0.25, 0.3) is 5.91 Å². The molecule has 1 aliphatic heterocycles. The summed E-state index contributed by atoms with van der Waals surface area (Å²) in [6, 6.07) is 3.51. The predicted molar refractivity (Wildman–Crippen MR) is 70.2 cm³/mol. The third-order valence-corrected chi connectivity index (χ3v) is 3.07. The number of rotatable bonds is 3. The van der Waals surface area contributed by atoms with E-state index in [9.17, 15) is 4.79 Å². The van der Waals surface area contributed by atoms with Gasteiger partial charge >= 0.3 is 0 Å². The zero-order valence-corrected chi connectivity index (χ0v) is 11.9. The number of morpholine rings is 1. The monoisotopic (exact) mass is 267 g/mol. The molecule has 0 radical (unpaired) electrons. The summed E-state index contributed by atoms with van der Waals surface area (Å²) < 4.78 is 16.4. The second-order valence-electron chi connectivity index (χ2n) is 5.55. The van der Waals surface area contributed by atoms with E-state index in [0.29, 0.717) is 25.5 Å². The second-order valence-corrected chi connectivity index (χ2v) is 5.55. The summed E-state index contributed by atoms with van der Waals surface area (Å²) in [5.41, 5.74) is -0.376. The van der Waals surface area contributed by atoms with Crippen LogP contribution in [0, 0.1) is 6.92 Å². The molecule has 1 aromatic heterocycles. The topological polar surface area (TPSA) is 51.9 Å². The fourth-order valence-electron chi connectivity index (χ4n) is 2.43. The van der Waals surface area contributed by atoms with Crippen molar-refractivity contribution in [2.75, 3.05) is 26.8 Å². The number of carbonyl (C=O) groups excluding carboxylic acids is 1. The molecule has 0 aromatic carbocycles. The number of carbonyl (C=O) groups is 1. The summed E-state index contributed by atoms with van der Waals surface area (Å²) in [6.45, 7) is 7.32. The van der Waals surface area contributed by atoms with E-state index >= 15 is 0 Å². The molecular formula is C14H21NO4. The lowest BCUT2D eigenvalue weighted by atomic mass is 10.0. The van der Waals surface area contributed by atoms with E-state index in [1.165, 1.54) is 0 Å². The summed E-state index contributed by atoms with van der Waals surface area (Å²) >= 11 is 0. The van der Waals surface area contributed by atoms with Gasteiger partial charge < -0.3 is 18.8 Å². The normalized spacial score (nSPS) is 22.5. The standard InChI is InChI=1S/C14H21NO4/c1-10-5-6-12(18-10)13(16)15-7-11(8-17-4)19-14(2,3)9-15/h5-6,11H,7-9H2,1-4H3/t11-/m0/s1. The molecule has 1 aliphatic rings. The summed E-state index contributed by atoms with van der Waals surface area (Å²) in [7, 11) is 1.63. The van der Waals surface area contributed by atoms with Crippen molar-refractivity contribution >= 4 is 5.91 Å². The first kappa shape index (κ1) is 14.1. The van der Waals surface area contributed by atoms with Crippen LogP contribution in [0.1, 0.15) is 30.2 Å². The molecule has 1 amide bonds. The quantitative estimate of drug-likeness (QED) is 0.838. The number of furan rings is 1. The fourth-order valence-corrected chi connectivity index (χ4v) is 2.43. The number of hydrogen-bond acceptors (Lipinski definition) is 4. The SMILES string of the molecule is COC[C@@H]1CN(C(=O)c2ccc(C)o2)CC(C)(C)O1. The van der Waals surface area contributed by atoms with Gasteiger partial charge in [0.2, 0.25) is 0 Å². The third kappa shape index (κ3) is 3.36. The molecular weight excluding hydrogens is 246 g/mol. The maximum atomic E-state index is 12.4. The Morgan fingerprint density at radius 2 is 2.26 bits per heavy atom. The van der Waals surface area contributed by atoms with Gasteiger partial charge in [0, 0.05) is 20.2 Å². The minimum Gasteiger partial charge on any atom is -0.456 e. The van der Waals surface area contributed by atoms with Crippen LogP contribution in [-0.2, 0) is 9.47 Å². The van der Waals surface area contributed by atoms with Gasteiger partial charge in [-0.3, -0.25) is 4.79 Å². The van der Waals surface area contributed by atoms with Gasteiger partial charge in [-0.2, -0.15) is 0 Å². The molecule has 1 aromatic rings. The molecule has 5 nitrogen and oxygen atoms in total. The molecule has 0 bridgehead atoms. The summed E-state index contributed by atoms with van der Waals surface area (Å²) in [4.78, 5) is 14.2. The lowest BCUT2D eigenvalue weighted by molar-refractivity contribution is -0.143. The highest BCUT2D eigenvalue weighted by Gasteiger charge is 2.36. The molecule has 0 saturated carbocycles. The number of ether oxygens (including phenoxy) is 2. The van der Waals surface area contributed by atoms with Crippen molar-refractivity contribution in [3.8, 4) is 0 Å². The van der Waals surface area contributed by atoms with Crippen LogP contribution in [0.2, 0.25) is 0 Å². The van der Waals surface area contributed by atoms with Crippen molar-refractivity contribution in [1.29, 1.82) is 0 Å². The predicted octanol–water partition coefficient (Wildman–Crippen LogP) is 1.85. The van der Waals surface area contributed by atoms with E-state index in [1.54, 1.807) is 24.1 Å². The highest BCUT2D eigenvalue weighted by Crippen LogP contribution is 2.23. The molecule has 0 unspecified atom stereocenters. The van der Waals surface area contributed by atoms with Crippen LogP contribution in [-0.4, -0.2) is 49.3 Å². The third-order valence-electron chi connectivity index (χ3n) is 3.07. The lowest BCUT2D eigenvalue weighted by Crippen LogP contribution is -2.55. The van der Waals surface area contributed by atoms with Crippen LogP contribution < -0.4 is 0 Å². The first-order valence-electron chi connectivity index (χ1n) is 6.44. The van der Waals surface area contributed by atoms with Crippen molar-refractivity contribution in [2.24, 2.45) is 0 Å². The van der Waals surface area contributed by atoms with Crippen molar-refractivity contribution < 1.29 is 18.7 Å². The highest BCUT2D eigenvalue weighted by molar-refractivity contribution is 5.91. The smallest absolute Gasteiger partial charge is 0.289 e. The molecule has 1 fully saturated rings. The van der Waals surface area contributed by atoms with Gasteiger partial charge in [-0.15, -0.1) is 0 Å². The Hall–Kier alpha value is -1.33. The van der Waals surface area contributed by atoms with Gasteiger partial charge in [0.05, 0.1) is 18.3 Å². The van der Waals surface area contributed by atoms with Crippen molar-refractivity contribution in [1.82, 2.24) is 4.90 Å². The minimum atomic E-state index is -0.376. The average molecular weight is 267 g/mol. The van der Waals surface area contributed by atoms with Crippen LogP contribution in [0.5, 0.6) is 0 Å². The van der Waals surface area contributed by atoms with Gasteiger partial charge in [-0.25, -0.2) is 0 Å². The summed E-state index contributed by atoms with van der Waals surface area (Å²) in [5, 5.41) is 0. The number of amides is 1. The number of nitrogens with zero attached hydrogens (tertiary/aromatic N) is 1. The molecule has 1 atom stereocenters.